The monoisotopic (exact) mass is 412 g/mol. The molecule has 0 N–H and O–H groups in total. The van der Waals surface area contributed by atoms with Gasteiger partial charge in [0.05, 0.1) is 6.10 Å². The Bertz CT molecular complexity index is 591. The fraction of sp³-hybridized carbons (Fsp3) is 0.632. The summed E-state index contributed by atoms with van der Waals surface area (Å²) < 4.78 is 12.5. The Morgan fingerprint density at radius 2 is 1.84 bits per heavy atom. The summed E-state index contributed by atoms with van der Waals surface area (Å²) in [5.74, 6) is 0.916. The molecule has 6 heteroatoms. The van der Waals surface area contributed by atoms with Crippen LogP contribution in [-0.2, 0) is 11.3 Å². The molecule has 0 aromatic heterocycles. The van der Waals surface area contributed by atoms with Gasteiger partial charge < -0.3 is 14.4 Å². The van der Waals surface area contributed by atoms with Gasteiger partial charge >= 0.3 is 6.09 Å². The molecule has 1 aliphatic rings. The van der Waals surface area contributed by atoms with Crippen molar-refractivity contribution in [2.45, 2.75) is 52.9 Å². The number of carbonyl (C=O) groups excluding carboxylic acids is 1. The average molecular weight is 413 g/mol. The third-order valence-corrected chi connectivity index (χ3v) is 4.59. The van der Waals surface area contributed by atoms with E-state index in [-0.39, 0.29) is 12.2 Å². The summed E-state index contributed by atoms with van der Waals surface area (Å²) in [7, 11) is 0. The van der Waals surface area contributed by atoms with Crippen molar-refractivity contribution in [1.29, 1.82) is 0 Å². The summed E-state index contributed by atoms with van der Waals surface area (Å²) in [6, 6.07) is 6.04. The van der Waals surface area contributed by atoms with Crippen LogP contribution in [0.4, 0.5) is 4.79 Å². The van der Waals surface area contributed by atoms with E-state index in [1.165, 1.54) is 0 Å². The van der Waals surface area contributed by atoms with E-state index in [2.05, 4.69) is 20.8 Å². The normalized spacial score (nSPS) is 16.2. The topological polar surface area (TPSA) is 42.0 Å². The highest BCUT2D eigenvalue weighted by Gasteiger charge is 2.26. The first-order chi connectivity index (χ1) is 11.7. The molecule has 0 spiro atoms. The van der Waals surface area contributed by atoms with Crippen LogP contribution in [-0.4, -0.2) is 53.8 Å². The molecule has 25 heavy (non-hydrogen) atoms. The van der Waals surface area contributed by atoms with Crippen LogP contribution < -0.4 is 4.74 Å². The number of nitrogens with zero attached hydrogens (tertiary/aromatic N) is 2. The third kappa shape index (κ3) is 6.19. The van der Waals surface area contributed by atoms with E-state index in [1.54, 1.807) is 4.90 Å². The fourth-order valence-electron chi connectivity index (χ4n) is 2.70. The predicted octanol–water partition coefficient (Wildman–Crippen LogP) is 4.29. The standard InChI is InChI=1S/C19H29BrN2O3/c1-14(2)24-17-8-6-7-16(20)15(17)13-21-9-11-22(12-10-21)18(23)25-19(3,4)5/h6-8,14H,9-13H2,1-5H3. The fourth-order valence-corrected chi connectivity index (χ4v) is 3.17. The van der Waals surface area contributed by atoms with Gasteiger partial charge in [-0.15, -0.1) is 0 Å². The molecule has 1 heterocycles. The second-order valence-electron chi connectivity index (χ2n) is 7.63. The minimum absolute atomic E-state index is 0.136. The van der Waals surface area contributed by atoms with Crippen molar-refractivity contribution in [2.24, 2.45) is 0 Å². The van der Waals surface area contributed by atoms with E-state index < -0.39 is 5.60 Å². The van der Waals surface area contributed by atoms with Crippen LogP contribution in [0.25, 0.3) is 0 Å². The Labute approximate surface area is 159 Å². The molecule has 1 aromatic carbocycles. The molecule has 1 saturated heterocycles. The zero-order valence-corrected chi connectivity index (χ0v) is 17.4. The Hall–Kier alpha value is -1.27. The van der Waals surface area contributed by atoms with Gasteiger partial charge in [-0.05, 0) is 46.8 Å². The van der Waals surface area contributed by atoms with Crippen molar-refractivity contribution >= 4 is 22.0 Å². The molecule has 0 aliphatic carbocycles. The number of halogens is 1. The first kappa shape index (κ1) is 20.0. The maximum atomic E-state index is 12.2. The van der Waals surface area contributed by atoms with Crippen LogP contribution in [0, 0.1) is 0 Å². The zero-order chi connectivity index (χ0) is 18.6. The molecule has 1 amide bonds. The Balaban J connectivity index is 1.95. The van der Waals surface area contributed by atoms with Crippen molar-refractivity contribution in [3.8, 4) is 5.75 Å². The molecule has 1 aliphatic heterocycles. The van der Waals surface area contributed by atoms with Gasteiger partial charge in [-0.25, -0.2) is 4.79 Å². The lowest BCUT2D eigenvalue weighted by atomic mass is 10.1. The van der Waals surface area contributed by atoms with Crippen LogP contribution in [0.2, 0.25) is 0 Å². The first-order valence-corrected chi connectivity index (χ1v) is 9.59. The van der Waals surface area contributed by atoms with Crippen LogP contribution in [0.15, 0.2) is 22.7 Å². The van der Waals surface area contributed by atoms with Crippen LogP contribution in [0.3, 0.4) is 0 Å². The van der Waals surface area contributed by atoms with Gasteiger partial charge in [0, 0.05) is 42.8 Å². The molecule has 0 unspecified atom stereocenters. The predicted molar refractivity (Wildman–Crippen MR) is 103 cm³/mol. The maximum Gasteiger partial charge on any atom is 0.410 e. The van der Waals surface area contributed by atoms with Gasteiger partial charge in [-0.3, -0.25) is 4.90 Å². The summed E-state index contributed by atoms with van der Waals surface area (Å²) in [5, 5.41) is 0. The SMILES string of the molecule is CC(C)Oc1cccc(Br)c1CN1CCN(C(=O)OC(C)(C)C)CC1. The lowest BCUT2D eigenvalue weighted by molar-refractivity contribution is 0.0138. The summed E-state index contributed by atoms with van der Waals surface area (Å²) in [5.41, 5.74) is 0.702. The van der Waals surface area contributed by atoms with Gasteiger partial charge in [-0.2, -0.15) is 0 Å². The number of benzene rings is 1. The summed E-state index contributed by atoms with van der Waals surface area (Å²) >= 11 is 3.64. The van der Waals surface area contributed by atoms with Gasteiger partial charge in [0.1, 0.15) is 11.4 Å². The van der Waals surface area contributed by atoms with E-state index >= 15 is 0 Å². The number of carbonyl (C=O) groups is 1. The number of piperazine rings is 1. The lowest BCUT2D eigenvalue weighted by Crippen LogP contribution is -2.49. The molecule has 2 rings (SSSR count). The van der Waals surface area contributed by atoms with Crippen molar-refractivity contribution < 1.29 is 14.3 Å². The lowest BCUT2D eigenvalue weighted by Gasteiger charge is -2.36. The highest BCUT2D eigenvalue weighted by molar-refractivity contribution is 9.10. The van der Waals surface area contributed by atoms with Crippen molar-refractivity contribution in [3.05, 3.63) is 28.2 Å². The Morgan fingerprint density at radius 3 is 2.40 bits per heavy atom. The molecule has 1 aromatic rings. The number of hydrogen-bond acceptors (Lipinski definition) is 4. The number of rotatable bonds is 4. The summed E-state index contributed by atoms with van der Waals surface area (Å²) in [6.07, 6.45) is -0.0889. The molecule has 0 saturated carbocycles. The van der Waals surface area contributed by atoms with Crippen LogP contribution >= 0.6 is 15.9 Å². The largest absolute Gasteiger partial charge is 0.491 e. The molecule has 0 radical (unpaired) electrons. The zero-order valence-electron chi connectivity index (χ0n) is 15.8. The van der Waals surface area contributed by atoms with E-state index in [4.69, 9.17) is 9.47 Å². The van der Waals surface area contributed by atoms with E-state index in [0.717, 1.165) is 35.4 Å². The van der Waals surface area contributed by atoms with E-state index in [1.807, 2.05) is 52.8 Å². The molecule has 140 valence electrons. The van der Waals surface area contributed by atoms with E-state index in [0.29, 0.717) is 13.1 Å². The molecule has 0 bridgehead atoms. The quantitative estimate of drug-likeness (QED) is 0.739. The van der Waals surface area contributed by atoms with Gasteiger partial charge in [0.25, 0.3) is 0 Å². The van der Waals surface area contributed by atoms with Crippen molar-refractivity contribution in [3.63, 3.8) is 0 Å². The first-order valence-electron chi connectivity index (χ1n) is 8.80. The summed E-state index contributed by atoms with van der Waals surface area (Å²) in [4.78, 5) is 16.3. The van der Waals surface area contributed by atoms with E-state index in [9.17, 15) is 4.79 Å². The number of amides is 1. The summed E-state index contributed by atoms with van der Waals surface area (Å²) in [6.45, 7) is 13.5. The minimum Gasteiger partial charge on any atom is -0.491 e. The smallest absolute Gasteiger partial charge is 0.410 e. The third-order valence-electron chi connectivity index (χ3n) is 3.84. The van der Waals surface area contributed by atoms with Crippen LogP contribution in [0.5, 0.6) is 5.75 Å². The molecular weight excluding hydrogens is 384 g/mol. The van der Waals surface area contributed by atoms with Crippen molar-refractivity contribution in [2.75, 3.05) is 26.2 Å². The second-order valence-corrected chi connectivity index (χ2v) is 8.48. The molecule has 0 atom stereocenters. The molecule has 5 nitrogen and oxygen atoms in total. The van der Waals surface area contributed by atoms with Crippen molar-refractivity contribution in [1.82, 2.24) is 9.80 Å². The maximum absolute atomic E-state index is 12.2. The average Bonchev–Trinajstić information content (AvgIpc) is 2.49. The highest BCUT2D eigenvalue weighted by Crippen LogP contribution is 2.29. The Morgan fingerprint density at radius 1 is 1.20 bits per heavy atom. The Kier molecular flexibility index (Phi) is 6.74. The number of ether oxygens (including phenoxy) is 2. The second kappa shape index (κ2) is 8.41. The minimum atomic E-state index is -0.452. The van der Waals surface area contributed by atoms with Crippen LogP contribution in [0.1, 0.15) is 40.2 Å². The highest BCUT2D eigenvalue weighted by atomic mass is 79.9. The van der Waals surface area contributed by atoms with Gasteiger partial charge in [-0.1, -0.05) is 22.0 Å². The number of hydrogen-bond donors (Lipinski definition) is 0. The molecule has 1 fully saturated rings. The van der Waals surface area contributed by atoms with Gasteiger partial charge in [0.2, 0.25) is 0 Å². The molecular formula is C19H29BrN2O3. The van der Waals surface area contributed by atoms with Gasteiger partial charge in [0.15, 0.2) is 0 Å².